The smallest absolute Gasteiger partial charge is 0.220 e. The van der Waals surface area contributed by atoms with Crippen LogP contribution < -0.4 is 5.32 Å². The third-order valence-electron chi connectivity index (χ3n) is 3.80. The van der Waals surface area contributed by atoms with Crippen molar-refractivity contribution in [2.24, 2.45) is 5.92 Å². The molecular formula is C12H21NO3S. The molecule has 1 saturated carbocycles. The number of rotatable bonds is 3. The minimum Gasteiger partial charge on any atom is -0.352 e. The summed E-state index contributed by atoms with van der Waals surface area (Å²) in [4.78, 5) is 11.8. The molecule has 2 rings (SSSR count). The summed E-state index contributed by atoms with van der Waals surface area (Å²) in [6.07, 6.45) is 7.21. The average Bonchev–Trinajstić information content (AvgIpc) is 2.59. The normalized spacial score (nSPS) is 29.1. The number of hydrogen-bond donors (Lipinski definition) is 1. The van der Waals surface area contributed by atoms with Crippen LogP contribution in [0.4, 0.5) is 0 Å². The van der Waals surface area contributed by atoms with E-state index in [1.54, 1.807) is 0 Å². The summed E-state index contributed by atoms with van der Waals surface area (Å²) in [7, 11) is -2.89. The number of amides is 1. The van der Waals surface area contributed by atoms with Crippen molar-refractivity contribution in [2.75, 3.05) is 11.5 Å². The van der Waals surface area contributed by atoms with Gasteiger partial charge in [-0.2, -0.15) is 0 Å². The maximum absolute atomic E-state index is 11.8. The van der Waals surface area contributed by atoms with Crippen molar-refractivity contribution in [1.29, 1.82) is 0 Å². The fourth-order valence-corrected chi connectivity index (χ4v) is 4.52. The van der Waals surface area contributed by atoms with E-state index in [1.807, 2.05) is 0 Å². The van der Waals surface area contributed by atoms with Crippen molar-refractivity contribution in [3.05, 3.63) is 0 Å². The second kappa shape index (κ2) is 5.38. The molecule has 0 aromatic heterocycles. The van der Waals surface area contributed by atoms with E-state index in [1.165, 1.54) is 19.3 Å². The third-order valence-corrected chi connectivity index (χ3v) is 5.56. The van der Waals surface area contributed by atoms with Crippen LogP contribution in [0.3, 0.4) is 0 Å². The van der Waals surface area contributed by atoms with E-state index in [0.29, 0.717) is 18.8 Å². The molecule has 1 N–H and O–H groups in total. The number of sulfone groups is 1. The molecule has 0 bridgehead atoms. The molecule has 1 saturated heterocycles. The maximum atomic E-state index is 11.8. The van der Waals surface area contributed by atoms with Crippen molar-refractivity contribution in [3.63, 3.8) is 0 Å². The highest BCUT2D eigenvalue weighted by molar-refractivity contribution is 7.91. The van der Waals surface area contributed by atoms with E-state index in [2.05, 4.69) is 5.32 Å². The SMILES string of the molecule is O=C(CC1CCCCC1)N[C@H]1CCS(=O)(=O)C1. The monoisotopic (exact) mass is 259 g/mol. The molecule has 0 unspecified atom stereocenters. The van der Waals surface area contributed by atoms with Crippen LogP contribution in [0.15, 0.2) is 0 Å². The molecule has 1 aliphatic carbocycles. The van der Waals surface area contributed by atoms with Crippen molar-refractivity contribution in [2.45, 2.75) is 51.0 Å². The van der Waals surface area contributed by atoms with Crippen LogP contribution in [-0.2, 0) is 14.6 Å². The van der Waals surface area contributed by atoms with E-state index in [0.717, 1.165) is 12.8 Å². The summed E-state index contributed by atoms with van der Waals surface area (Å²) in [6.45, 7) is 0. The molecule has 0 spiro atoms. The van der Waals surface area contributed by atoms with Crippen LogP contribution >= 0.6 is 0 Å². The van der Waals surface area contributed by atoms with Gasteiger partial charge in [0.2, 0.25) is 5.91 Å². The fraction of sp³-hybridized carbons (Fsp3) is 0.917. The predicted octanol–water partition coefficient (Wildman–Crippen LogP) is 1.26. The molecule has 2 aliphatic rings. The highest BCUT2D eigenvalue weighted by Crippen LogP contribution is 2.26. The summed E-state index contributed by atoms with van der Waals surface area (Å²) in [5.41, 5.74) is 0. The summed E-state index contributed by atoms with van der Waals surface area (Å²) < 4.78 is 22.5. The van der Waals surface area contributed by atoms with Gasteiger partial charge in [0.25, 0.3) is 0 Å². The third kappa shape index (κ3) is 3.98. The zero-order chi connectivity index (χ0) is 12.3. The van der Waals surface area contributed by atoms with Crippen molar-refractivity contribution >= 4 is 15.7 Å². The first kappa shape index (κ1) is 12.9. The van der Waals surface area contributed by atoms with Gasteiger partial charge < -0.3 is 5.32 Å². The molecule has 0 aromatic carbocycles. The van der Waals surface area contributed by atoms with Gasteiger partial charge in [-0.3, -0.25) is 4.79 Å². The Labute approximate surface area is 103 Å². The lowest BCUT2D eigenvalue weighted by Gasteiger charge is -2.21. The first-order valence-corrected chi connectivity index (χ1v) is 8.37. The Hall–Kier alpha value is -0.580. The number of carbonyl (C=O) groups excluding carboxylic acids is 1. The van der Waals surface area contributed by atoms with E-state index in [4.69, 9.17) is 0 Å². The Balaban J connectivity index is 1.74. The fourth-order valence-electron chi connectivity index (χ4n) is 2.85. The molecule has 1 heterocycles. The zero-order valence-corrected chi connectivity index (χ0v) is 11.0. The maximum Gasteiger partial charge on any atom is 0.220 e. The van der Waals surface area contributed by atoms with Gasteiger partial charge in [0.05, 0.1) is 11.5 Å². The number of carbonyl (C=O) groups is 1. The van der Waals surface area contributed by atoms with Crippen molar-refractivity contribution in [3.8, 4) is 0 Å². The van der Waals surface area contributed by atoms with E-state index in [9.17, 15) is 13.2 Å². The standard InChI is InChI=1S/C12H21NO3S/c14-12(8-10-4-2-1-3-5-10)13-11-6-7-17(15,16)9-11/h10-11H,1-9H2,(H,13,14)/t11-/m0/s1. The van der Waals surface area contributed by atoms with Crippen LogP contribution in [0.25, 0.3) is 0 Å². The number of hydrogen-bond acceptors (Lipinski definition) is 3. The summed E-state index contributed by atoms with van der Waals surface area (Å²) in [5.74, 6) is 0.908. The Morgan fingerprint density at radius 1 is 1.12 bits per heavy atom. The zero-order valence-electron chi connectivity index (χ0n) is 10.2. The number of nitrogens with one attached hydrogen (secondary N) is 1. The molecule has 2 fully saturated rings. The summed E-state index contributed by atoms with van der Waals surface area (Å²) in [6, 6.07) is -0.143. The van der Waals surface area contributed by atoms with Crippen LogP contribution in [0, 0.1) is 5.92 Å². The van der Waals surface area contributed by atoms with Gasteiger partial charge in [-0.05, 0) is 25.2 Å². The molecular weight excluding hydrogens is 238 g/mol. The van der Waals surface area contributed by atoms with Crippen LogP contribution in [0.2, 0.25) is 0 Å². The molecule has 1 aliphatic heterocycles. The highest BCUT2D eigenvalue weighted by atomic mass is 32.2. The van der Waals surface area contributed by atoms with Gasteiger partial charge in [-0.1, -0.05) is 19.3 Å². The lowest BCUT2D eigenvalue weighted by Crippen LogP contribution is -2.36. The lowest BCUT2D eigenvalue weighted by molar-refractivity contribution is -0.122. The van der Waals surface area contributed by atoms with Gasteiger partial charge >= 0.3 is 0 Å². The molecule has 98 valence electrons. The van der Waals surface area contributed by atoms with Gasteiger partial charge in [-0.25, -0.2) is 8.42 Å². The minimum atomic E-state index is -2.89. The summed E-state index contributed by atoms with van der Waals surface area (Å²) in [5, 5.41) is 2.86. The average molecular weight is 259 g/mol. The largest absolute Gasteiger partial charge is 0.352 e. The molecule has 1 atom stereocenters. The predicted molar refractivity (Wildman–Crippen MR) is 66.4 cm³/mol. The molecule has 17 heavy (non-hydrogen) atoms. The quantitative estimate of drug-likeness (QED) is 0.830. The van der Waals surface area contributed by atoms with Gasteiger partial charge in [0.1, 0.15) is 0 Å². The van der Waals surface area contributed by atoms with Gasteiger partial charge in [0.15, 0.2) is 9.84 Å². The molecule has 1 amide bonds. The van der Waals surface area contributed by atoms with E-state index >= 15 is 0 Å². The van der Waals surface area contributed by atoms with Crippen LogP contribution in [0.5, 0.6) is 0 Å². The Morgan fingerprint density at radius 3 is 2.41 bits per heavy atom. The Kier molecular flexibility index (Phi) is 4.07. The minimum absolute atomic E-state index is 0.0407. The first-order valence-electron chi connectivity index (χ1n) is 6.55. The Bertz CT molecular complexity index is 371. The lowest BCUT2D eigenvalue weighted by atomic mass is 9.87. The molecule has 0 radical (unpaired) electrons. The van der Waals surface area contributed by atoms with Crippen LogP contribution in [-0.4, -0.2) is 31.9 Å². The molecule has 5 heteroatoms. The molecule has 4 nitrogen and oxygen atoms in total. The first-order chi connectivity index (χ1) is 8.05. The second-order valence-electron chi connectivity index (χ2n) is 5.38. The highest BCUT2D eigenvalue weighted by Gasteiger charge is 2.29. The van der Waals surface area contributed by atoms with Crippen LogP contribution in [0.1, 0.15) is 44.9 Å². The Morgan fingerprint density at radius 2 is 1.82 bits per heavy atom. The van der Waals surface area contributed by atoms with E-state index in [-0.39, 0.29) is 23.5 Å². The van der Waals surface area contributed by atoms with Gasteiger partial charge in [-0.15, -0.1) is 0 Å². The summed E-state index contributed by atoms with van der Waals surface area (Å²) >= 11 is 0. The topological polar surface area (TPSA) is 63.2 Å². The van der Waals surface area contributed by atoms with E-state index < -0.39 is 9.84 Å². The van der Waals surface area contributed by atoms with Crippen molar-refractivity contribution in [1.82, 2.24) is 5.32 Å². The van der Waals surface area contributed by atoms with Gasteiger partial charge in [0, 0.05) is 12.5 Å². The van der Waals surface area contributed by atoms with Crippen molar-refractivity contribution < 1.29 is 13.2 Å². The molecule has 0 aromatic rings. The second-order valence-corrected chi connectivity index (χ2v) is 7.60.